The highest BCUT2D eigenvalue weighted by Gasteiger charge is 2.26. The Labute approximate surface area is 96.2 Å². The molecule has 0 aromatic heterocycles. The number of benzene rings is 1. The quantitative estimate of drug-likeness (QED) is 0.780. The predicted molar refractivity (Wildman–Crippen MR) is 60.9 cm³/mol. The smallest absolute Gasteiger partial charge is 0.256 e. The van der Waals surface area contributed by atoms with Crippen molar-refractivity contribution in [2.45, 2.75) is 6.54 Å². The number of hydrogen-bond acceptors (Lipinski definition) is 2. The van der Waals surface area contributed by atoms with Gasteiger partial charge in [0.15, 0.2) is 0 Å². The van der Waals surface area contributed by atoms with Crippen molar-refractivity contribution in [3.05, 3.63) is 32.9 Å². The summed E-state index contributed by atoms with van der Waals surface area (Å²) in [6.45, 7) is 1.03. The third-order valence-corrected chi connectivity index (χ3v) is 2.90. The zero-order valence-electron chi connectivity index (χ0n) is 7.79. The highest BCUT2D eigenvalue weighted by Crippen LogP contribution is 2.24. The lowest BCUT2D eigenvalue weighted by Crippen LogP contribution is -2.25. The number of ether oxygens (including phenoxy) is 1. The lowest BCUT2D eigenvalue weighted by atomic mass is 10.1. The molecule has 1 aromatic rings. The van der Waals surface area contributed by atoms with Crippen molar-refractivity contribution in [1.82, 2.24) is 4.90 Å². The van der Waals surface area contributed by atoms with Crippen LogP contribution in [0.25, 0.3) is 0 Å². The Morgan fingerprint density at radius 1 is 1.57 bits per heavy atom. The van der Waals surface area contributed by atoms with Crippen molar-refractivity contribution in [2.24, 2.45) is 0 Å². The molecular weight excluding hydrogens is 293 g/mol. The van der Waals surface area contributed by atoms with Crippen LogP contribution in [0.15, 0.2) is 18.2 Å². The van der Waals surface area contributed by atoms with E-state index >= 15 is 0 Å². The van der Waals surface area contributed by atoms with Crippen LogP contribution in [0.1, 0.15) is 15.9 Å². The second kappa shape index (κ2) is 3.86. The van der Waals surface area contributed by atoms with E-state index in [0.717, 1.165) is 14.7 Å². The van der Waals surface area contributed by atoms with Gasteiger partial charge < -0.3 is 9.64 Å². The summed E-state index contributed by atoms with van der Waals surface area (Å²) in [5.74, 6) is 0.0678. The van der Waals surface area contributed by atoms with Gasteiger partial charge in [-0.05, 0) is 46.4 Å². The first-order valence-corrected chi connectivity index (χ1v) is 5.37. The molecule has 0 fully saturated rings. The number of nitrogens with zero attached hydrogens (tertiary/aromatic N) is 1. The minimum absolute atomic E-state index is 0.0678. The first kappa shape index (κ1) is 9.92. The Bertz CT molecular complexity index is 378. The SMILES string of the molecule is COCN1Cc2cc(I)ccc2C1=O. The molecule has 0 spiro atoms. The number of methoxy groups -OCH3 is 1. The number of carbonyl (C=O) groups excluding carboxylic acids is 1. The summed E-state index contributed by atoms with van der Waals surface area (Å²) in [6, 6.07) is 5.88. The van der Waals surface area contributed by atoms with Crippen LogP contribution in [0.4, 0.5) is 0 Å². The van der Waals surface area contributed by atoms with E-state index in [4.69, 9.17) is 4.74 Å². The van der Waals surface area contributed by atoms with E-state index in [-0.39, 0.29) is 5.91 Å². The minimum Gasteiger partial charge on any atom is -0.364 e. The van der Waals surface area contributed by atoms with E-state index in [9.17, 15) is 4.79 Å². The van der Waals surface area contributed by atoms with Crippen LogP contribution in [0.3, 0.4) is 0 Å². The number of fused-ring (bicyclic) bond motifs is 1. The second-order valence-electron chi connectivity index (χ2n) is 3.22. The van der Waals surface area contributed by atoms with Gasteiger partial charge in [-0.15, -0.1) is 0 Å². The molecule has 74 valence electrons. The van der Waals surface area contributed by atoms with Gasteiger partial charge in [0, 0.05) is 22.8 Å². The van der Waals surface area contributed by atoms with Gasteiger partial charge >= 0.3 is 0 Å². The Morgan fingerprint density at radius 3 is 3.07 bits per heavy atom. The van der Waals surface area contributed by atoms with Gasteiger partial charge in [0.25, 0.3) is 5.91 Å². The van der Waals surface area contributed by atoms with Crippen molar-refractivity contribution in [2.75, 3.05) is 13.8 Å². The molecule has 3 nitrogen and oxygen atoms in total. The summed E-state index contributed by atoms with van der Waals surface area (Å²) in [5.41, 5.74) is 1.90. The molecule has 1 heterocycles. The molecule has 14 heavy (non-hydrogen) atoms. The number of rotatable bonds is 2. The molecule has 0 N–H and O–H groups in total. The van der Waals surface area contributed by atoms with E-state index in [1.165, 1.54) is 0 Å². The Hall–Kier alpha value is -0.620. The standard InChI is InChI=1S/C10H10INO2/c1-14-6-12-5-7-4-8(11)2-3-9(7)10(12)13/h2-4H,5-6H2,1H3. The third-order valence-electron chi connectivity index (χ3n) is 2.23. The molecular formula is C10H10INO2. The maximum atomic E-state index is 11.7. The molecule has 2 rings (SSSR count). The molecule has 1 aromatic carbocycles. The molecule has 0 unspecified atom stereocenters. The van der Waals surface area contributed by atoms with Gasteiger partial charge in [0.1, 0.15) is 6.73 Å². The predicted octanol–water partition coefficient (Wildman–Crippen LogP) is 1.85. The Balaban J connectivity index is 2.31. The number of halogens is 1. The van der Waals surface area contributed by atoms with Crippen LogP contribution in [-0.2, 0) is 11.3 Å². The maximum Gasteiger partial charge on any atom is 0.256 e. The van der Waals surface area contributed by atoms with Gasteiger partial charge in [-0.3, -0.25) is 4.79 Å². The van der Waals surface area contributed by atoms with E-state index in [2.05, 4.69) is 22.6 Å². The molecule has 0 aliphatic carbocycles. The van der Waals surface area contributed by atoms with Crippen LogP contribution < -0.4 is 0 Å². The van der Waals surface area contributed by atoms with Crippen molar-refractivity contribution in [3.8, 4) is 0 Å². The highest BCUT2D eigenvalue weighted by molar-refractivity contribution is 14.1. The van der Waals surface area contributed by atoms with Gasteiger partial charge in [-0.25, -0.2) is 0 Å². The van der Waals surface area contributed by atoms with Crippen LogP contribution >= 0.6 is 22.6 Å². The molecule has 0 radical (unpaired) electrons. The molecule has 1 aliphatic heterocycles. The average Bonchev–Trinajstić information content (AvgIpc) is 2.44. The van der Waals surface area contributed by atoms with Crippen molar-refractivity contribution in [1.29, 1.82) is 0 Å². The summed E-state index contributed by atoms with van der Waals surface area (Å²) in [5, 5.41) is 0. The highest BCUT2D eigenvalue weighted by atomic mass is 127. The van der Waals surface area contributed by atoms with Crippen LogP contribution in [0.2, 0.25) is 0 Å². The third kappa shape index (κ3) is 1.64. The van der Waals surface area contributed by atoms with Gasteiger partial charge in [0.05, 0.1) is 0 Å². The zero-order chi connectivity index (χ0) is 10.1. The summed E-state index contributed by atoms with van der Waals surface area (Å²) < 4.78 is 6.12. The first-order valence-electron chi connectivity index (χ1n) is 4.29. The number of carbonyl (C=O) groups is 1. The fourth-order valence-electron chi connectivity index (χ4n) is 1.61. The van der Waals surface area contributed by atoms with Gasteiger partial charge in [-0.2, -0.15) is 0 Å². The number of amides is 1. The fourth-order valence-corrected chi connectivity index (χ4v) is 2.17. The van der Waals surface area contributed by atoms with E-state index in [1.807, 2.05) is 18.2 Å². The zero-order valence-corrected chi connectivity index (χ0v) is 9.95. The lowest BCUT2D eigenvalue weighted by molar-refractivity contribution is 0.0440. The molecule has 1 aliphatic rings. The molecule has 4 heteroatoms. The Kier molecular flexibility index (Phi) is 2.73. The van der Waals surface area contributed by atoms with Crippen molar-refractivity contribution < 1.29 is 9.53 Å². The van der Waals surface area contributed by atoms with E-state index in [1.54, 1.807) is 12.0 Å². The normalized spacial score (nSPS) is 14.7. The molecule has 0 saturated carbocycles. The van der Waals surface area contributed by atoms with Crippen molar-refractivity contribution in [3.63, 3.8) is 0 Å². The Morgan fingerprint density at radius 2 is 2.36 bits per heavy atom. The van der Waals surface area contributed by atoms with Gasteiger partial charge in [0.2, 0.25) is 0 Å². The van der Waals surface area contributed by atoms with Crippen LogP contribution in [0, 0.1) is 3.57 Å². The molecule has 0 saturated heterocycles. The lowest BCUT2D eigenvalue weighted by Gasteiger charge is -2.12. The molecule has 0 atom stereocenters. The molecule has 1 amide bonds. The topological polar surface area (TPSA) is 29.5 Å². The molecule has 0 bridgehead atoms. The van der Waals surface area contributed by atoms with Crippen LogP contribution in [0.5, 0.6) is 0 Å². The summed E-state index contributed by atoms with van der Waals surface area (Å²) in [6.07, 6.45) is 0. The van der Waals surface area contributed by atoms with E-state index < -0.39 is 0 Å². The minimum atomic E-state index is 0.0678. The number of hydrogen-bond donors (Lipinski definition) is 0. The average molecular weight is 303 g/mol. The second-order valence-corrected chi connectivity index (χ2v) is 4.47. The summed E-state index contributed by atoms with van der Waals surface area (Å²) in [4.78, 5) is 13.4. The van der Waals surface area contributed by atoms with E-state index in [0.29, 0.717) is 13.3 Å². The first-order chi connectivity index (χ1) is 6.72. The summed E-state index contributed by atoms with van der Waals surface area (Å²) in [7, 11) is 1.60. The fraction of sp³-hybridized carbons (Fsp3) is 0.300. The van der Waals surface area contributed by atoms with Crippen LogP contribution in [-0.4, -0.2) is 24.6 Å². The van der Waals surface area contributed by atoms with Crippen molar-refractivity contribution >= 4 is 28.5 Å². The largest absolute Gasteiger partial charge is 0.364 e. The summed E-state index contributed by atoms with van der Waals surface area (Å²) >= 11 is 2.25. The van der Waals surface area contributed by atoms with Gasteiger partial charge in [-0.1, -0.05) is 0 Å². The monoisotopic (exact) mass is 303 g/mol. The maximum absolute atomic E-state index is 11.7.